The second kappa shape index (κ2) is 4.84. The maximum Gasteiger partial charge on any atom is 0.0888 e. The highest BCUT2D eigenvalue weighted by molar-refractivity contribution is 7.99. The summed E-state index contributed by atoms with van der Waals surface area (Å²) in [7, 11) is 0. The van der Waals surface area contributed by atoms with Gasteiger partial charge in [0, 0.05) is 23.5 Å². The first-order valence-electron chi connectivity index (χ1n) is 5.98. The second-order valence-electron chi connectivity index (χ2n) is 4.56. The normalized spacial score (nSPS) is 34.4. The summed E-state index contributed by atoms with van der Waals surface area (Å²) in [5, 5.41) is 9.83. The molecule has 1 aromatic carbocycles. The summed E-state index contributed by atoms with van der Waals surface area (Å²) in [5.41, 5.74) is 1.33. The summed E-state index contributed by atoms with van der Waals surface area (Å²) < 4.78 is 5.78. The molecule has 1 fully saturated rings. The lowest BCUT2D eigenvalue weighted by Crippen LogP contribution is -2.29. The van der Waals surface area contributed by atoms with Crippen LogP contribution in [0.15, 0.2) is 42.5 Å². The lowest BCUT2D eigenvalue weighted by atomic mass is 9.95. The van der Waals surface area contributed by atoms with Gasteiger partial charge in [-0.1, -0.05) is 42.5 Å². The van der Waals surface area contributed by atoms with Crippen LogP contribution in [0.4, 0.5) is 0 Å². The van der Waals surface area contributed by atoms with E-state index >= 15 is 0 Å². The van der Waals surface area contributed by atoms with E-state index in [2.05, 4.69) is 36.4 Å². The molecule has 1 N–H and O–H groups in total. The molecule has 2 aliphatic rings. The molecule has 1 saturated heterocycles. The van der Waals surface area contributed by atoms with Gasteiger partial charge in [0.05, 0.1) is 12.2 Å². The van der Waals surface area contributed by atoms with Crippen molar-refractivity contribution in [2.45, 2.75) is 23.2 Å². The predicted octanol–water partition coefficient (Wildman–Crippen LogP) is 2.23. The molecule has 2 heterocycles. The van der Waals surface area contributed by atoms with Gasteiger partial charge in [-0.2, -0.15) is 11.8 Å². The Morgan fingerprint density at radius 1 is 1.12 bits per heavy atom. The Labute approximate surface area is 106 Å². The van der Waals surface area contributed by atoms with Crippen LogP contribution < -0.4 is 0 Å². The highest BCUT2D eigenvalue weighted by atomic mass is 32.2. The van der Waals surface area contributed by atoms with E-state index in [-0.39, 0.29) is 24.7 Å². The first-order valence-corrected chi connectivity index (χ1v) is 7.03. The molecule has 3 heteroatoms. The van der Waals surface area contributed by atoms with Crippen molar-refractivity contribution in [2.75, 3.05) is 6.61 Å². The zero-order valence-corrected chi connectivity index (χ0v) is 10.3. The van der Waals surface area contributed by atoms with Crippen molar-refractivity contribution in [3.05, 3.63) is 48.0 Å². The summed E-state index contributed by atoms with van der Waals surface area (Å²) >= 11 is 1.90. The number of ether oxygens (including phenoxy) is 1. The summed E-state index contributed by atoms with van der Waals surface area (Å²) in [6, 6.07) is 10.5. The Morgan fingerprint density at radius 2 is 1.88 bits per heavy atom. The summed E-state index contributed by atoms with van der Waals surface area (Å²) in [6.45, 7) is 0.220. The molecule has 4 atom stereocenters. The molecule has 0 amide bonds. The van der Waals surface area contributed by atoms with Gasteiger partial charge in [0.15, 0.2) is 0 Å². The monoisotopic (exact) mass is 248 g/mol. The van der Waals surface area contributed by atoms with Gasteiger partial charge in [0.25, 0.3) is 0 Å². The molecule has 0 aliphatic carbocycles. The van der Waals surface area contributed by atoms with Gasteiger partial charge in [0.2, 0.25) is 0 Å². The van der Waals surface area contributed by atoms with E-state index < -0.39 is 0 Å². The highest BCUT2D eigenvalue weighted by Gasteiger charge is 2.45. The van der Waals surface area contributed by atoms with Crippen molar-refractivity contribution < 1.29 is 9.84 Å². The first kappa shape index (κ1) is 11.3. The van der Waals surface area contributed by atoms with Crippen LogP contribution in [0.25, 0.3) is 0 Å². The number of rotatable bonds is 4. The SMILES string of the molecule is OC[C@H]1[C@H](SCc2ccccc2)[C@@H]2C=C[C@H]1O2. The van der Waals surface area contributed by atoms with Gasteiger partial charge in [-0.15, -0.1) is 0 Å². The lowest BCUT2D eigenvalue weighted by molar-refractivity contribution is 0.0950. The molecule has 0 unspecified atom stereocenters. The average molecular weight is 248 g/mol. The summed E-state index contributed by atoms with van der Waals surface area (Å²) in [4.78, 5) is 0. The number of aliphatic hydroxyl groups excluding tert-OH is 1. The fourth-order valence-electron chi connectivity index (χ4n) is 2.55. The van der Waals surface area contributed by atoms with E-state index in [0.717, 1.165) is 5.75 Å². The minimum absolute atomic E-state index is 0.137. The molecule has 3 rings (SSSR count). The summed E-state index contributed by atoms with van der Waals surface area (Å²) in [6.07, 6.45) is 4.56. The van der Waals surface area contributed by atoms with Crippen LogP contribution in [0.2, 0.25) is 0 Å². The van der Waals surface area contributed by atoms with Crippen molar-refractivity contribution in [3.63, 3.8) is 0 Å². The van der Waals surface area contributed by atoms with Gasteiger partial charge < -0.3 is 9.84 Å². The van der Waals surface area contributed by atoms with Crippen LogP contribution in [-0.2, 0) is 10.5 Å². The Kier molecular flexibility index (Phi) is 3.23. The molecular formula is C14H16O2S. The van der Waals surface area contributed by atoms with Crippen LogP contribution in [-0.4, -0.2) is 29.2 Å². The van der Waals surface area contributed by atoms with Crippen molar-refractivity contribution >= 4 is 11.8 Å². The maximum absolute atomic E-state index is 9.43. The third-order valence-electron chi connectivity index (χ3n) is 3.47. The molecule has 0 spiro atoms. The molecule has 2 nitrogen and oxygen atoms in total. The van der Waals surface area contributed by atoms with E-state index in [4.69, 9.17) is 4.74 Å². The zero-order chi connectivity index (χ0) is 11.7. The molecule has 0 saturated carbocycles. The number of aliphatic hydroxyl groups is 1. The van der Waals surface area contributed by atoms with Crippen LogP contribution in [0.5, 0.6) is 0 Å². The van der Waals surface area contributed by atoms with Crippen molar-refractivity contribution in [1.29, 1.82) is 0 Å². The molecule has 17 heavy (non-hydrogen) atoms. The fourth-order valence-corrected chi connectivity index (χ4v) is 3.96. The van der Waals surface area contributed by atoms with Crippen LogP contribution in [0, 0.1) is 5.92 Å². The number of hydrogen-bond donors (Lipinski definition) is 1. The number of thioether (sulfide) groups is 1. The van der Waals surface area contributed by atoms with Crippen LogP contribution in [0.1, 0.15) is 5.56 Å². The van der Waals surface area contributed by atoms with Crippen molar-refractivity contribution in [2.24, 2.45) is 5.92 Å². The standard InChI is InChI=1S/C14H16O2S/c15-8-11-12-6-7-13(16-12)14(11)17-9-10-4-2-1-3-5-10/h1-7,11-15H,8-9H2/t11-,12-,13+,14+/m1/s1. The lowest BCUT2D eigenvalue weighted by Gasteiger charge is -2.22. The van der Waals surface area contributed by atoms with Gasteiger partial charge >= 0.3 is 0 Å². The highest BCUT2D eigenvalue weighted by Crippen LogP contribution is 2.41. The average Bonchev–Trinajstić information content (AvgIpc) is 2.97. The second-order valence-corrected chi connectivity index (χ2v) is 5.72. The van der Waals surface area contributed by atoms with E-state index in [1.54, 1.807) is 0 Å². The molecular weight excluding hydrogens is 232 g/mol. The predicted molar refractivity (Wildman–Crippen MR) is 69.9 cm³/mol. The van der Waals surface area contributed by atoms with Gasteiger partial charge in [-0.3, -0.25) is 0 Å². The smallest absolute Gasteiger partial charge is 0.0888 e. The largest absolute Gasteiger partial charge is 0.396 e. The molecule has 0 radical (unpaired) electrons. The van der Waals surface area contributed by atoms with Gasteiger partial charge in [-0.05, 0) is 5.56 Å². The Morgan fingerprint density at radius 3 is 2.65 bits per heavy atom. The number of benzene rings is 1. The number of hydrogen-bond acceptors (Lipinski definition) is 3. The first-order chi connectivity index (χ1) is 8.38. The quantitative estimate of drug-likeness (QED) is 0.829. The Hall–Kier alpha value is -0.770. The van der Waals surface area contributed by atoms with E-state index in [1.165, 1.54) is 5.56 Å². The molecule has 1 aromatic rings. The molecule has 0 aromatic heterocycles. The minimum Gasteiger partial charge on any atom is -0.396 e. The van der Waals surface area contributed by atoms with E-state index in [1.807, 2.05) is 17.8 Å². The van der Waals surface area contributed by atoms with Crippen molar-refractivity contribution in [1.82, 2.24) is 0 Å². The molecule has 2 bridgehead atoms. The third-order valence-corrected chi connectivity index (χ3v) is 4.97. The third kappa shape index (κ3) is 2.15. The maximum atomic E-state index is 9.43. The molecule has 90 valence electrons. The van der Waals surface area contributed by atoms with Gasteiger partial charge in [0.1, 0.15) is 0 Å². The van der Waals surface area contributed by atoms with E-state index in [0.29, 0.717) is 5.25 Å². The topological polar surface area (TPSA) is 29.5 Å². The zero-order valence-electron chi connectivity index (χ0n) is 9.53. The molecule has 2 aliphatic heterocycles. The number of fused-ring (bicyclic) bond motifs is 2. The fraction of sp³-hybridized carbons (Fsp3) is 0.429. The van der Waals surface area contributed by atoms with E-state index in [9.17, 15) is 5.11 Å². The summed E-state index contributed by atoms with van der Waals surface area (Å²) in [5.74, 6) is 1.25. The van der Waals surface area contributed by atoms with Gasteiger partial charge in [-0.25, -0.2) is 0 Å². The minimum atomic E-state index is 0.137. The van der Waals surface area contributed by atoms with Crippen LogP contribution in [0.3, 0.4) is 0 Å². The Balaban J connectivity index is 1.64. The van der Waals surface area contributed by atoms with Crippen molar-refractivity contribution in [3.8, 4) is 0 Å². The van der Waals surface area contributed by atoms with Crippen LogP contribution >= 0.6 is 11.8 Å². The Bertz CT molecular complexity index is 404.